The fourth-order valence-electron chi connectivity index (χ4n) is 3.30. The number of rotatable bonds is 3. The number of benzene rings is 1. The van der Waals surface area contributed by atoms with Crippen molar-refractivity contribution in [1.29, 1.82) is 0 Å². The molecule has 138 valence electrons. The molecule has 3 rings (SSSR count). The molecule has 0 saturated carbocycles. The zero-order valence-corrected chi connectivity index (χ0v) is 15.0. The number of amides is 2. The van der Waals surface area contributed by atoms with Crippen LogP contribution in [-0.4, -0.2) is 48.6 Å². The van der Waals surface area contributed by atoms with Gasteiger partial charge in [-0.3, -0.25) is 19.6 Å². The molecule has 0 bridgehead atoms. The molecule has 1 atom stereocenters. The van der Waals surface area contributed by atoms with E-state index < -0.39 is 23.6 Å². The van der Waals surface area contributed by atoms with Crippen molar-refractivity contribution in [3.8, 4) is 0 Å². The Labute approximate surface area is 151 Å². The van der Waals surface area contributed by atoms with Crippen LogP contribution in [0.5, 0.6) is 0 Å². The highest BCUT2D eigenvalue weighted by atomic mass is 16.5. The Balaban J connectivity index is 1.98. The molecule has 1 aliphatic heterocycles. The summed E-state index contributed by atoms with van der Waals surface area (Å²) in [7, 11) is 0. The SMILES string of the molecule is CC(C)(C)N(C(=O)O)[C@H]1Cc2c(cnn2Cc2ccccc2)N(O)C1=O. The predicted octanol–water partition coefficient (Wildman–Crippen LogP) is 2.36. The summed E-state index contributed by atoms with van der Waals surface area (Å²) in [5, 5.41) is 24.7. The van der Waals surface area contributed by atoms with Crippen molar-refractivity contribution in [1.82, 2.24) is 14.7 Å². The lowest BCUT2D eigenvalue weighted by molar-refractivity contribution is -0.131. The topological polar surface area (TPSA) is 98.9 Å². The lowest BCUT2D eigenvalue weighted by atomic mass is 9.97. The Morgan fingerprint density at radius 2 is 1.96 bits per heavy atom. The number of aromatic nitrogens is 2. The second-order valence-electron chi connectivity index (χ2n) is 7.31. The molecule has 26 heavy (non-hydrogen) atoms. The van der Waals surface area contributed by atoms with E-state index >= 15 is 0 Å². The molecule has 0 radical (unpaired) electrons. The molecule has 2 amide bonds. The molecule has 0 aliphatic carbocycles. The van der Waals surface area contributed by atoms with Gasteiger partial charge in [0.05, 0.1) is 18.4 Å². The zero-order valence-electron chi connectivity index (χ0n) is 15.0. The van der Waals surface area contributed by atoms with Crippen molar-refractivity contribution in [2.75, 3.05) is 5.06 Å². The lowest BCUT2D eigenvalue weighted by Crippen LogP contribution is -2.59. The summed E-state index contributed by atoms with van der Waals surface area (Å²) in [6.07, 6.45) is 0.373. The van der Waals surface area contributed by atoms with Gasteiger partial charge in [-0.25, -0.2) is 4.79 Å². The van der Waals surface area contributed by atoms with Gasteiger partial charge in [0.2, 0.25) is 0 Å². The van der Waals surface area contributed by atoms with Crippen molar-refractivity contribution >= 4 is 17.7 Å². The van der Waals surface area contributed by atoms with Crippen LogP contribution >= 0.6 is 0 Å². The van der Waals surface area contributed by atoms with Crippen LogP contribution < -0.4 is 5.06 Å². The van der Waals surface area contributed by atoms with Crippen molar-refractivity contribution in [2.24, 2.45) is 0 Å². The third kappa shape index (κ3) is 3.15. The maximum absolute atomic E-state index is 12.6. The summed E-state index contributed by atoms with van der Waals surface area (Å²) in [5.74, 6) is -0.672. The minimum atomic E-state index is -1.21. The lowest BCUT2D eigenvalue weighted by Gasteiger charge is -2.41. The predicted molar refractivity (Wildman–Crippen MR) is 94.2 cm³/mol. The summed E-state index contributed by atoms with van der Waals surface area (Å²) in [4.78, 5) is 25.4. The Morgan fingerprint density at radius 1 is 1.31 bits per heavy atom. The van der Waals surface area contributed by atoms with Gasteiger partial charge in [0.25, 0.3) is 5.91 Å². The van der Waals surface area contributed by atoms with Gasteiger partial charge in [-0.05, 0) is 26.3 Å². The van der Waals surface area contributed by atoms with Crippen LogP contribution in [0.4, 0.5) is 10.5 Å². The zero-order chi connectivity index (χ0) is 19.1. The highest BCUT2D eigenvalue weighted by molar-refractivity contribution is 5.99. The molecular weight excluding hydrogens is 336 g/mol. The van der Waals surface area contributed by atoms with Gasteiger partial charge in [0.1, 0.15) is 11.7 Å². The Morgan fingerprint density at radius 3 is 2.54 bits per heavy atom. The summed E-state index contributed by atoms with van der Waals surface area (Å²) in [5.41, 5.74) is 1.13. The second-order valence-corrected chi connectivity index (χ2v) is 7.31. The normalized spacial score (nSPS) is 17.2. The number of nitrogens with zero attached hydrogens (tertiary/aromatic N) is 4. The van der Waals surface area contributed by atoms with Gasteiger partial charge in [-0.15, -0.1) is 0 Å². The second kappa shape index (κ2) is 6.45. The van der Waals surface area contributed by atoms with E-state index in [9.17, 15) is 19.9 Å². The first-order valence-electron chi connectivity index (χ1n) is 8.34. The number of hydroxylamine groups is 1. The largest absolute Gasteiger partial charge is 0.465 e. The maximum atomic E-state index is 12.6. The monoisotopic (exact) mass is 358 g/mol. The van der Waals surface area contributed by atoms with Gasteiger partial charge < -0.3 is 5.11 Å². The first-order chi connectivity index (χ1) is 12.2. The van der Waals surface area contributed by atoms with Gasteiger partial charge in [-0.1, -0.05) is 30.3 Å². The van der Waals surface area contributed by atoms with E-state index in [0.29, 0.717) is 23.0 Å². The van der Waals surface area contributed by atoms with Gasteiger partial charge in [0.15, 0.2) is 0 Å². The average molecular weight is 358 g/mol. The van der Waals surface area contributed by atoms with Crippen LogP contribution in [-0.2, 0) is 17.8 Å². The fourth-order valence-corrected chi connectivity index (χ4v) is 3.30. The molecular formula is C18H22N4O4. The molecule has 0 spiro atoms. The maximum Gasteiger partial charge on any atom is 0.408 e. The van der Waals surface area contributed by atoms with Crippen molar-refractivity contribution in [3.63, 3.8) is 0 Å². The third-order valence-electron chi connectivity index (χ3n) is 4.45. The summed E-state index contributed by atoms with van der Waals surface area (Å²) in [6, 6.07) is 8.64. The highest BCUT2D eigenvalue weighted by Crippen LogP contribution is 2.31. The molecule has 1 aromatic carbocycles. The first kappa shape index (κ1) is 17.9. The van der Waals surface area contributed by atoms with E-state index in [0.717, 1.165) is 10.5 Å². The number of carbonyl (C=O) groups excluding carboxylic acids is 1. The van der Waals surface area contributed by atoms with Crippen molar-refractivity contribution in [3.05, 3.63) is 47.8 Å². The summed E-state index contributed by atoms with van der Waals surface area (Å²) in [6.45, 7) is 5.61. The number of carbonyl (C=O) groups is 2. The fraction of sp³-hybridized carbons (Fsp3) is 0.389. The molecule has 2 aromatic rings. The number of carboxylic acid groups (broad SMARTS) is 1. The van der Waals surface area contributed by atoms with E-state index in [4.69, 9.17) is 0 Å². The average Bonchev–Trinajstić information content (AvgIpc) is 2.94. The van der Waals surface area contributed by atoms with E-state index in [1.807, 2.05) is 30.3 Å². The minimum Gasteiger partial charge on any atom is -0.465 e. The van der Waals surface area contributed by atoms with Crippen LogP contribution in [0.25, 0.3) is 0 Å². The van der Waals surface area contributed by atoms with Crippen LogP contribution in [0, 0.1) is 0 Å². The van der Waals surface area contributed by atoms with Crippen molar-refractivity contribution < 1.29 is 19.9 Å². The van der Waals surface area contributed by atoms with Crippen molar-refractivity contribution in [2.45, 2.75) is 45.3 Å². The van der Waals surface area contributed by atoms with Gasteiger partial charge in [0, 0.05) is 12.0 Å². The number of fused-ring (bicyclic) bond motifs is 1. The molecule has 1 aromatic heterocycles. The van der Waals surface area contributed by atoms with E-state index in [2.05, 4.69) is 5.10 Å². The molecule has 1 aliphatic rings. The smallest absolute Gasteiger partial charge is 0.408 e. The molecule has 0 saturated heterocycles. The molecule has 8 nitrogen and oxygen atoms in total. The van der Waals surface area contributed by atoms with Crippen LogP contribution in [0.15, 0.2) is 36.5 Å². The quantitative estimate of drug-likeness (QED) is 0.821. The molecule has 8 heteroatoms. The Hall–Kier alpha value is -2.87. The van der Waals surface area contributed by atoms with Crippen LogP contribution in [0.1, 0.15) is 32.0 Å². The number of anilines is 1. The third-order valence-corrected chi connectivity index (χ3v) is 4.45. The highest BCUT2D eigenvalue weighted by Gasteiger charge is 2.44. The molecule has 0 unspecified atom stereocenters. The van der Waals surface area contributed by atoms with Gasteiger partial charge in [-0.2, -0.15) is 10.2 Å². The van der Waals surface area contributed by atoms with Gasteiger partial charge >= 0.3 is 6.09 Å². The Bertz CT molecular complexity index is 825. The van der Waals surface area contributed by atoms with Crippen LogP contribution in [0.2, 0.25) is 0 Å². The summed E-state index contributed by atoms with van der Waals surface area (Å²) < 4.78 is 1.69. The minimum absolute atomic E-state index is 0.154. The van der Waals surface area contributed by atoms with Crippen LogP contribution in [0.3, 0.4) is 0 Å². The molecule has 2 N–H and O–H groups in total. The first-order valence-corrected chi connectivity index (χ1v) is 8.34. The molecule has 0 fully saturated rings. The molecule has 2 heterocycles. The van der Waals surface area contributed by atoms with E-state index in [-0.39, 0.29) is 6.42 Å². The number of hydrogen-bond donors (Lipinski definition) is 2. The van der Waals surface area contributed by atoms with E-state index in [1.165, 1.54) is 6.20 Å². The van der Waals surface area contributed by atoms with E-state index in [1.54, 1.807) is 25.5 Å². The Kier molecular flexibility index (Phi) is 4.45. The standard InChI is InChI=1S/C18H22N4O4/c1-18(2,3)21(17(24)25)14-9-13-15(22(26)16(14)23)10-19-20(13)11-12-7-5-4-6-8-12/h4-8,10,14,26H,9,11H2,1-3H3,(H,24,25)/t14-/m0/s1. The number of hydrogen-bond acceptors (Lipinski definition) is 4. The summed E-state index contributed by atoms with van der Waals surface area (Å²) >= 11 is 0.